The lowest BCUT2D eigenvalue weighted by atomic mass is 9.94. The highest BCUT2D eigenvalue weighted by Gasteiger charge is 2.28. The van der Waals surface area contributed by atoms with Crippen LogP contribution in [0.25, 0.3) is 0 Å². The molecule has 24 heavy (non-hydrogen) atoms. The molecule has 2 aromatic carbocycles. The maximum atomic E-state index is 12.6. The van der Waals surface area contributed by atoms with Crippen molar-refractivity contribution >= 4 is 33.5 Å². The lowest BCUT2D eigenvalue weighted by molar-refractivity contribution is 0.0596. The Hall–Kier alpha value is -2.73. The summed E-state index contributed by atoms with van der Waals surface area (Å²) in [7, 11) is 1.25. The van der Waals surface area contributed by atoms with Crippen LogP contribution in [0.15, 0.2) is 58.8 Å². The van der Waals surface area contributed by atoms with E-state index in [9.17, 15) is 14.4 Å². The molecule has 0 heterocycles. The van der Waals surface area contributed by atoms with Gasteiger partial charge in [0.2, 0.25) is 5.78 Å². The zero-order valence-electron chi connectivity index (χ0n) is 12.5. The van der Waals surface area contributed by atoms with Crippen LogP contribution in [0.2, 0.25) is 0 Å². The first-order valence-corrected chi connectivity index (χ1v) is 7.76. The number of allylic oxidation sites excluding steroid dienone is 2. The number of fused-ring (bicyclic) bond motifs is 1. The molecular formula is C18H11BrO5. The monoisotopic (exact) mass is 386 g/mol. The summed E-state index contributed by atoms with van der Waals surface area (Å²) in [6, 6.07) is 11.3. The van der Waals surface area contributed by atoms with E-state index in [1.54, 1.807) is 36.4 Å². The summed E-state index contributed by atoms with van der Waals surface area (Å²) in [5.41, 5.74) is 0.744. The summed E-state index contributed by atoms with van der Waals surface area (Å²) >= 11 is 3.28. The van der Waals surface area contributed by atoms with Gasteiger partial charge < -0.3 is 9.47 Å². The van der Waals surface area contributed by atoms with Gasteiger partial charge in [-0.2, -0.15) is 0 Å². The minimum Gasteiger partial charge on any atom is -0.465 e. The maximum absolute atomic E-state index is 12.6. The second-order valence-corrected chi connectivity index (χ2v) is 5.81. The van der Waals surface area contributed by atoms with Crippen molar-refractivity contribution in [1.29, 1.82) is 0 Å². The van der Waals surface area contributed by atoms with Crippen LogP contribution < -0.4 is 4.74 Å². The van der Waals surface area contributed by atoms with E-state index in [-0.39, 0.29) is 28.4 Å². The van der Waals surface area contributed by atoms with E-state index in [0.717, 1.165) is 6.08 Å². The fourth-order valence-electron chi connectivity index (χ4n) is 2.36. The van der Waals surface area contributed by atoms with Crippen LogP contribution >= 0.6 is 15.9 Å². The SMILES string of the molecule is COC(=O)c1cccc(Br)c1OC1=CC(=O)c2ccccc2C1=O. The molecule has 0 saturated heterocycles. The van der Waals surface area contributed by atoms with Crippen molar-refractivity contribution in [1.82, 2.24) is 0 Å². The van der Waals surface area contributed by atoms with Crippen LogP contribution in [0.5, 0.6) is 5.75 Å². The van der Waals surface area contributed by atoms with Crippen molar-refractivity contribution < 1.29 is 23.9 Å². The van der Waals surface area contributed by atoms with E-state index in [1.165, 1.54) is 13.2 Å². The quantitative estimate of drug-likeness (QED) is 0.754. The minimum absolute atomic E-state index is 0.121. The summed E-state index contributed by atoms with van der Waals surface area (Å²) < 4.78 is 10.8. The first kappa shape index (κ1) is 16.1. The molecule has 6 heteroatoms. The first-order chi connectivity index (χ1) is 11.5. The molecule has 0 fully saturated rings. The Kier molecular flexibility index (Phi) is 4.31. The van der Waals surface area contributed by atoms with Gasteiger partial charge in [0.1, 0.15) is 5.56 Å². The highest BCUT2D eigenvalue weighted by Crippen LogP contribution is 2.33. The zero-order valence-corrected chi connectivity index (χ0v) is 14.1. The van der Waals surface area contributed by atoms with Crippen LogP contribution in [-0.4, -0.2) is 24.6 Å². The predicted octanol–water partition coefficient (Wildman–Crippen LogP) is 3.58. The molecule has 0 unspecified atom stereocenters. The predicted molar refractivity (Wildman–Crippen MR) is 89.3 cm³/mol. The first-order valence-electron chi connectivity index (χ1n) is 6.97. The van der Waals surface area contributed by atoms with Gasteiger partial charge in [-0.25, -0.2) is 4.79 Å². The van der Waals surface area contributed by atoms with Crippen molar-refractivity contribution in [3.05, 3.63) is 75.5 Å². The Bertz CT molecular complexity index is 898. The molecule has 1 aliphatic carbocycles. The lowest BCUT2D eigenvalue weighted by Crippen LogP contribution is -2.21. The molecule has 0 spiro atoms. The van der Waals surface area contributed by atoms with E-state index in [2.05, 4.69) is 15.9 Å². The third-order valence-electron chi connectivity index (χ3n) is 3.51. The molecule has 0 N–H and O–H groups in total. The van der Waals surface area contributed by atoms with Gasteiger partial charge in [-0.15, -0.1) is 0 Å². The number of esters is 1. The van der Waals surface area contributed by atoms with E-state index in [4.69, 9.17) is 9.47 Å². The number of para-hydroxylation sites is 1. The second kappa shape index (κ2) is 6.41. The Morgan fingerprint density at radius 2 is 1.71 bits per heavy atom. The molecule has 0 aromatic heterocycles. The van der Waals surface area contributed by atoms with Gasteiger partial charge in [-0.1, -0.05) is 30.3 Å². The van der Waals surface area contributed by atoms with Gasteiger partial charge in [0, 0.05) is 17.2 Å². The van der Waals surface area contributed by atoms with Crippen molar-refractivity contribution in [2.75, 3.05) is 7.11 Å². The summed E-state index contributed by atoms with van der Waals surface area (Å²) in [5.74, 6) is -1.38. The summed E-state index contributed by atoms with van der Waals surface area (Å²) in [4.78, 5) is 36.6. The number of hydrogen-bond acceptors (Lipinski definition) is 5. The van der Waals surface area contributed by atoms with Crippen LogP contribution in [0, 0.1) is 0 Å². The van der Waals surface area contributed by atoms with Crippen molar-refractivity contribution in [2.24, 2.45) is 0 Å². The third-order valence-corrected chi connectivity index (χ3v) is 4.13. The molecule has 120 valence electrons. The van der Waals surface area contributed by atoms with Crippen molar-refractivity contribution in [3.63, 3.8) is 0 Å². The summed E-state index contributed by atoms with van der Waals surface area (Å²) in [6.07, 6.45) is 1.13. The van der Waals surface area contributed by atoms with Crippen LogP contribution in [-0.2, 0) is 4.74 Å². The fraction of sp³-hybridized carbons (Fsp3) is 0.0556. The normalized spacial score (nSPS) is 13.2. The number of ketones is 2. The smallest absolute Gasteiger partial charge is 0.341 e. The van der Waals surface area contributed by atoms with Gasteiger partial charge in [0.15, 0.2) is 17.3 Å². The van der Waals surface area contributed by atoms with E-state index < -0.39 is 11.8 Å². The highest BCUT2D eigenvalue weighted by atomic mass is 79.9. The Morgan fingerprint density at radius 3 is 2.42 bits per heavy atom. The van der Waals surface area contributed by atoms with Crippen LogP contribution in [0.1, 0.15) is 31.1 Å². The van der Waals surface area contributed by atoms with Gasteiger partial charge in [-0.05, 0) is 28.1 Å². The number of benzene rings is 2. The number of carbonyl (C=O) groups is 3. The Morgan fingerprint density at radius 1 is 1.00 bits per heavy atom. The second-order valence-electron chi connectivity index (χ2n) is 4.96. The zero-order chi connectivity index (χ0) is 17.3. The lowest BCUT2D eigenvalue weighted by Gasteiger charge is -2.17. The summed E-state index contributed by atoms with van der Waals surface area (Å²) in [5, 5.41) is 0. The number of Topliss-reactive ketones (excluding diaryl/α,β-unsaturated/α-hetero) is 1. The molecule has 1 aliphatic rings. The topological polar surface area (TPSA) is 69.7 Å². The Balaban J connectivity index is 2.03. The molecule has 0 atom stereocenters. The van der Waals surface area contributed by atoms with Crippen molar-refractivity contribution in [2.45, 2.75) is 0 Å². The van der Waals surface area contributed by atoms with Gasteiger partial charge in [-0.3, -0.25) is 9.59 Å². The molecule has 3 rings (SSSR count). The van der Waals surface area contributed by atoms with Gasteiger partial charge in [0.05, 0.1) is 11.6 Å². The Labute approximate surface area is 146 Å². The van der Waals surface area contributed by atoms with Crippen molar-refractivity contribution in [3.8, 4) is 5.75 Å². The number of rotatable bonds is 3. The molecule has 2 aromatic rings. The third kappa shape index (κ3) is 2.76. The van der Waals surface area contributed by atoms with Crippen LogP contribution in [0.4, 0.5) is 0 Å². The maximum Gasteiger partial charge on any atom is 0.341 e. The van der Waals surface area contributed by atoms with Gasteiger partial charge >= 0.3 is 5.97 Å². The number of ether oxygens (including phenoxy) is 2. The molecule has 0 radical (unpaired) electrons. The molecule has 0 saturated carbocycles. The van der Waals surface area contributed by atoms with Crippen LogP contribution in [0.3, 0.4) is 0 Å². The fourth-order valence-corrected chi connectivity index (χ4v) is 2.81. The van der Waals surface area contributed by atoms with Gasteiger partial charge in [0.25, 0.3) is 0 Å². The van der Waals surface area contributed by atoms with E-state index in [1.807, 2.05) is 0 Å². The number of halogens is 1. The molecular weight excluding hydrogens is 376 g/mol. The van der Waals surface area contributed by atoms with E-state index in [0.29, 0.717) is 10.0 Å². The average Bonchev–Trinajstić information content (AvgIpc) is 2.60. The highest BCUT2D eigenvalue weighted by molar-refractivity contribution is 9.10. The molecule has 5 nitrogen and oxygen atoms in total. The van der Waals surface area contributed by atoms with E-state index >= 15 is 0 Å². The minimum atomic E-state index is -0.609. The largest absolute Gasteiger partial charge is 0.465 e. The average molecular weight is 387 g/mol. The molecule has 0 aliphatic heterocycles. The molecule has 0 amide bonds. The number of methoxy groups -OCH3 is 1. The standard InChI is InChI=1S/C18H11BrO5/c1-23-18(22)12-7-4-8-13(19)17(12)24-15-9-14(20)10-5-2-3-6-11(10)16(15)21/h2-9H,1H3. The number of carbonyl (C=O) groups excluding carboxylic acids is 3. The summed E-state index contributed by atoms with van der Waals surface area (Å²) in [6.45, 7) is 0. The molecule has 0 bridgehead atoms. The number of hydrogen-bond donors (Lipinski definition) is 0.